The number of halogens is 12. The zero-order valence-corrected chi connectivity index (χ0v) is 29.6. The van der Waals surface area contributed by atoms with Crippen LogP contribution in [0.1, 0.15) is 63.7 Å². The highest BCUT2D eigenvalue weighted by Crippen LogP contribution is 2.48. The molecule has 296 valence electrons. The fourth-order valence-electron chi connectivity index (χ4n) is 7.21. The van der Waals surface area contributed by atoms with Crippen LogP contribution in [-0.4, -0.2) is 27.3 Å². The van der Waals surface area contributed by atoms with Gasteiger partial charge < -0.3 is 4.57 Å². The topological polar surface area (TPSA) is 42.3 Å². The number of hydrogen-bond donors (Lipinski definition) is 0. The molecule has 1 aliphatic rings. The second-order valence-corrected chi connectivity index (χ2v) is 14.0. The number of carbonyl (C=O) groups is 2. The van der Waals surface area contributed by atoms with Crippen LogP contribution in [0.2, 0.25) is 0 Å². The summed E-state index contributed by atoms with van der Waals surface area (Å²) < 4.78 is 171. The highest BCUT2D eigenvalue weighted by atomic mass is 19.4. The van der Waals surface area contributed by atoms with E-state index < -0.39 is 75.9 Å². The number of rotatable bonds is 5. The summed E-state index contributed by atoms with van der Waals surface area (Å²) in [5.74, 6) is -1.57. The van der Waals surface area contributed by atoms with Gasteiger partial charge in [-0.1, -0.05) is 44.2 Å². The Labute approximate surface area is 314 Å². The molecule has 1 aromatic heterocycles. The quantitative estimate of drug-likeness (QED) is 0.129. The number of aromatic nitrogens is 1. The van der Waals surface area contributed by atoms with Gasteiger partial charge in [-0.25, -0.2) is 0 Å². The number of imide groups is 1. The molecule has 1 unspecified atom stereocenters. The second kappa shape index (κ2) is 13.1. The van der Waals surface area contributed by atoms with Crippen LogP contribution in [0.4, 0.5) is 52.7 Å². The number of alkyl halides is 12. The zero-order chi connectivity index (χ0) is 41.7. The summed E-state index contributed by atoms with van der Waals surface area (Å²) in [6.07, 6.45) is -21.1. The van der Waals surface area contributed by atoms with Gasteiger partial charge in [0.15, 0.2) is 0 Å². The Morgan fingerprint density at radius 1 is 0.474 bits per heavy atom. The lowest BCUT2D eigenvalue weighted by Gasteiger charge is -2.25. The van der Waals surface area contributed by atoms with Crippen molar-refractivity contribution in [2.45, 2.75) is 51.5 Å². The fourth-order valence-corrected chi connectivity index (χ4v) is 7.21. The summed E-state index contributed by atoms with van der Waals surface area (Å²) in [7, 11) is 0. The Bertz CT molecular complexity index is 2430. The molecule has 0 aliphatic carbocycles. The first-order valence-electron chi connectivity index (χ1n) is 17.1. The van der Waals surface area contributed by atoms with Crippen molar-refractivity contribution in [1.29, 1.82) is 0 Å². The summed E-state index contributed by atoms with van der Waals surface area (Å²) in [6, 6.07) is 13.0. The maximum Gasteiger partial charge on any atom is 0.416 e. The first-order valence-corrected chi connectivity index (χ1v) is 17.1. The number of nitrogens with zero attached hydrogens (tertiary/aromatic N) is 2. The van der Waals surface area contributed by atoms with Crippen LogP contribution in [0, 0.1) is 5.92 Å². The van der Waals surface area contributed by atoms with Gasteiger partial charge >= 0.3 is 24.7 Å². The molecule has 0 N–H and O–H groups in total. The molecule has 4 nitrogen and oxygen atoms in total. The Balaban J connectivity index is 1.66. The van der Waals surface area contributed by atoms with Crippen molar-refractivity contribution in [2.75, 3.05) is 0 Å². The standard InChI is InChI=1S/C41H26F12N2O2/c1-19(2)20(3)54-36(56)29-9-6-12-32(35(29)37(54)57)55-30-10-4-7-27(21-13-23(38(42,43)44)17-24(14-21)39(45,46)47)33(30)34-28(8-5-11-31(34)55)22-15-25(40(48,49)50)18-26(16-22)41(51,52)53/h4-20H,1-3H3. The number of carbonyl (C=O) groups excluding carboxylic acids is 2. The van der Waals surface area contributed by atoms with Crippen LogP contribution in [0.5, 0.6) is 0 Å². The van der Waals surface area contributed by atoms with Gasteiger partial charge in [-0.3, -0.25) is 14.5 Å². The molecule has 0 spiro atoms. The summed E-state index contributed by atoms with van der Waals surface area (Å²) in [4.78, 5) is 28.8. The van der Waals surface area contributed by atoms with E-state index in [9.17, 15) is 62.3 Å². The predicted octanol–water partition coefficient (Wildman–Crippen LogP) is 12.8. The van der Waals surface area contributed by atoms with Crippen LogP contribution >= 0.6 is 0 Å². The highest BCUT2D eigenvalue weighted by Gasteiger charge is 2.43. The van der Waals surface area contributed by atoms with Gasteiger partial charge in [-0.2, -0.15) is 52.7 Å². The summed E-state index contributed by atoms with van der Waals surface area (Å²) in [6.45, 7) is 5.21. The van der Waals surface area contributed by atoms with Crippen LogP contribution in [-0.2, 0) is 24.7 Å². The molecule has 7 rings (SSSR count). The third-order valence-corrected chi connectivity index (χ3v) is 10.2. The molecule has 0 saturated carbocycles. The van der Waals surface area contributed by atoms with E-state index in [0.29, 0.717) is 24.3 Å². The predicted molar refractivity (Wildman–Crippen MR) is 186 cm³/mol. The Morgan fingerprint density at radius 2 is 0.842 bits per heavy atom. The molecule has 0 saturated heterocycles. The van der Waals surface area contributed by atoms with E-state index >= 15 is 0 Å². The van der Waals surface area contributed by atoms with Crippen molar-refractivity contribution in [3.63, 3.8) is 0 Å². The molecule has 1 atom stereocenters. The number of amides is 2. The van der Waals surface area contributed by atoms with Gasteiger partial charge in [-0.05, 0) is 95.8 Å². The minimum absolute atomic E-state index is 0.00653. The molecule has 57 heavy (non-hydrogen) atoms. The molecule has 2 heterocycles. The van der Waals surface area contributed by atoms with E-state index in [2.05, 4.69) is 0 Å². The minimum Gasteiger partial charge on any atom is -0.308 e. The molecular weight excluding hydrogens is 780 g/mol. The lowest BCUT2D eigenvalue weighted by molar-refractivity contribution is -0.144. The van der Waals surface area contributed by atoms with Crippen molar-refractivity contribution in [2.24, 2.45) is 5.92 Å². The molecule has 1 aliphatic heterocycles. The molecule has 0 bridgehead atoms. The van der Waals surface area contributed by atoms with Crippen LogP contribution < -0.4 is 0 Å². The van der Waals surface area contributed by atoms with Crippen molar-refractivity contribution in [3.05, 3.63) is 124 Å². The maximum absolute atomic E-state index is 14.1. The van der Waals surface area contributed by atoms with Crippen LogP contribution in [0.15, 0.2) is 91.0 Å². The average molecular weight is 807 g/mol. The van der Waals surface area contributed by atoms with Crippen molar-refractivity contribution in [3.8, 4) is 27.9 Å². The lowest BCUT2D eigenvalue weighted by atomic mass is 9.91. The molecule has 0 fully saturated rings. The zero-order valence-electron chi connectivity index (χ0n) is 29.6. The first kappa shape index (κ1) is 39.4. The van der Waals surface area contributed by atoms with E-state index in [0.717, 1.165) is 4.90 Å². The maximum atomic E-state index is 14.1. The highest BCUT2D eigenvalue weighted by molar-refractivity contribution is 6.25. The van der Waals surface area contributed by atoms with Crippen LogP contribution in [0.25, 0.3) is 49.7 Å². The third-order valence-electron chi connectivity index (χ3n) is 10.2. The van der Waals surface area contributed by atoms with Crippen molar-refractivity contribution >= 4 is 33.6 Å². The monoisotopic (exact) mass is 806 g/mol. The molecule has 0 radical (unpaired) electrons. The lowest BCUT2D eigenvalue weighted by Crippen LogP contribution is -2.41. The van der Waals surface area contributed by atoms with Gasteiger partial charge in [0.1, 0.15) is 0 Å². The summed E-state index contributed by atoms with van der Waals surface area (Å²) in [5.41, 5.74) is -8.71. The first-order chi connectivity index (χ1) is 26.4. The molecule has 6 aromatic rings. The van der Waals surface area contributed by atoms with Gasteiger partial charge in [-0.15, -0.1) is 0 Å². The summed E-state index contributed by atoms with van der Waals surface area (Å²) >= 11 is 0. The molecule has 2 amide bonds. The van der Waals surface area contributed by atoms with Gasteiger partial charge in [0, 0.05) is 16.8 Å². The van der Waals surface area contributed by atoms with E-state index in [1.54, 1.807) is 20.8 Å². The second-order valence-electron chi connectivity index (χ2n) is 14.0. The summed E-state index contributed by atoms with van der Waals surface area (Å²) in [5, 5.41) is -0.327. The van der Waals surface area contributed by atoms with E-state index in [1.165, 1.54) is 59.2 Å². The van der Waals surface area contributed by atoms with Crippen LogP contribution in [0.3, 0.4) is 0 Å². The smallest absolute Gasteiger partial charge is 0.308 e. The Hall–Kier alpha value is -5.80. The number of benzene rings is 5. The normalized spacial score (nSPS) is 14.7. The number of fused-ring (bicyclic) bond motifs is 4. The average Bonchev–Trinajstić information content (AvgIpc) is 3.60. The largest absolute Gasteiger partial charge is 0.416 e. The number of hydrogen-bond acceptors (Lipinski definition) is 2. The van der Waals surface area contributed by atoms with Crippen molar-refractivity contribution < 1.29 is 62.3 Å². The van der Waals surface area contributed by atoms with Gasteiger partial charge in [0.05, 0.1) is 50.1 Å². The third kappa shape index (κ3) is 6.67. The van der Waals surface area contributed by atoms with Gasteiger partial charge in [0.25, 0.3) is 11.8 Å². The van der Waals surface area contributed by atoms with E-state index in [4.69, 9.17) is 0 Å². The van der Waals surface area contributed by atoms with E-state index in [1.807, 2.05) is 0 Å². The Morgan fingerprint density at radius 3 is 1.21 bits per heavy atom. The SMILES string of the molecule is CC(C)C(C)N1C(=O)c2cccc(-n3c4cccc(-c5cc(C(F)(F)F)cc(C(F)(F)F)c5)c4c4c(-c5cc(C(F)(F)F)cc(C(F)(F)F)c5)cccc43)c2C1=O. The minimum atomic E-state index is -5.27. The van der Waals surface area contributed by atoms with Gasteiger partial charge in [0.2, 0.25) is 0 Å². The molecule has 5 aromatic carbocycles. The molecule has 16 heteroatoms. The fraction of sp³-hybridized carbons (Fsp3) is 0.220. The molecular formula is C41H26F12N2O2. The van der Waals surface area contributed by atoms with E-state index in [-0.39, 0.29) is 67.8 Å². The Kier molecular flexibility index (Phi) is 9.08. The van der Waals surface area contributed by atoms with Crippen molar-refractivity contribution in [1.82, 2.24) is 9.47 Å².